The fourth-order valence-electron chi connectivity index (χ4n) is 2.30. The summed E-state index contributed by atoms with van der Waals surface area (Å²) >= 11 is 12.2. The molecule has 0 unspecified atom stereocenters. The highest BCUT2D eigenvalue weighted by atomic mass is 35.5. The van der Waals surface area contributed by atoms with E-state index in [0.717, 1.165) is 31.6 Å². The van der Waals surface area contributed by atoms with Gasteiger partial charge in [-0.25, -0.2) is 0 Å². The topological polar surface area (TPSA) is 15.8 Å². The standard InChI is InChI=1S/C12H13Cl2NO/c13-9-3-1-2-8(12(9)14)6-15-5-4-10-11(7-15)16-10/h1-3,10-11H,4-7H2/t10-,11-/m0/s1. The largest absolute Gasteiger partial charge is 0.368 e. The van der Waals surface area contributed by atoms with Gasteiger partial charge in [-0.3, -0.25) is 4.90 Å². The van der Waals surface area contributed by atoms with Crippen molar-refractivity contribution in [2.45, 2.75) is 25.2 Å². The Labute approximate surface area is 105 Å². The molecule has 0 N–H and O–H groups in total. The molecule has 1 aromatic rings. The van der Waals surface area contributed by atoms with Crippen molar-refractivity contribution in [1.29, 1.82) is 0 Å². The number of ether oxygens (including phenoxy) is 1. The summed E-state index contributed by atoms with van der Waals surface area (Å²) in [6.45, 7) is 2.98. The van der Waals surface area contributed by atoms with Crippen LogP contribution in [0.2, 0.25) is 10.0 Å². The van der Waals surface area contributed by atoms with Crippen molar-refractivity contribution in [1.82, 2.24) is 4.90 Å². The highest BCUT2D eigenvalue weighted by molar-refractivity contribution is 6.42. The highest BCUT2D eigenvalue weighted by Crippen LogP contribution is 2.32. The van der Waals surface area contributed by atoms with E-state index in [9.17, 15) is 0 Å². The summed E-state index contributed by atoms with van der Waals surface area (Å²) in [6.07, 6.45) is 2.14. The number of hydrogen-bond donors (Lipinski definition) is 0. The first kappa shape index (κ1) is 10.8. The van der Waals surface area contributed by atoms with Crippen LogP contribution in [-0.2, 0) is 11.3 Å². The van der Waals surface area contributed by atoms with E-state index in [2.05, 4.69) is 4.90 Å². The molecule has 2 fully saturated rings. The van der Waals surface area contributed by atoms with Crippen molar-refractivity contribution in [3.8, 4) is 0 Å². The first-order valence-electron chi connectivity index (χ1n) is 5.55. The van der Waals surface area contributed by atoms with Crippen LogP contribution in [0.1, 0.15) is 12.0 Å². The van der Waals surface area contributed by atoms with E-state index in [1.807, 2.05) is 18.2 Å². The molecule has 2 heterocycles. The Morgan fingerprint density at radius 1 is 1.31 bits per heavy atom. The number of hydrogen-bond acceptors (Lipinski definition) is 2. The van der Waals surface area contributed by atoms with Crippen molar-refractivity contribution in [3.05, 3.63) is 33.8 Å². The Balaban J connectivity index is 1.71. The maximum absolute atomic E-state index is 6.17. The van der Waals surface area contributed by atoms with Crippen molar-refractivity contribution < 1.29 is 4.74 Å². The van der Waals surface area contributed by atoms with Gasteiger partial charge < -0.3 is 4.74 Å². The summed E-state index contributed by atoms with van der Waals surface area (Å²) in [5.41, 5.74) is 1.10. The molecule has 3 rings (SSSR count). The summed E-state index contributed by atoms with van der Waals surface area (Å²) < 4.78 is 5.50. The lowest BCUT2D eigenvalue weighted by molar-refractivity contribution is 0.237. The monoisotopic (exact) mass is 257 g/mol. The van der Waals surface area contributed by atoms with Crippen molar-refractivity contribution >= 4 is 23.2 Å². The van der Waals surface area contributed by atoms with Crippen molar-refractivity contribution in [3.63, 3.8) is 0 Å². The Hall–Kier alpha value is -0.280. The van der Waals surface area contributed by atoms with Gasteiger partial charge in [0.05, 0.1) is 22.3 Å². The fraction of sp³-hybridized carbons (Fsp3) is 0.500. The number of rotatable bonds is 2. The quantitative estimate of drug-likeness (QED) is 0.758. The molecule has 0 bridgehead atoms. The van der Waals surface area contributed by atoms with Gasteiger partial charge in [0.15, 0.2) is 0 Å². The van der Waals surface area contributed by atoms with Crippen LogP contribution in [0.25, 0.3) is 0 Å². The van der Waals surface area contributed by atoms with Gasteiger partial charge in [0.1, 0.15) is 0 Å². The average Bonchev–Trinajstić information content (AvgIpc) is 3.03. The summed E-state index contributed by atoms with van der Waals surface area (Å²) in [4.78, 5) is 2.38. The number of benzene rings is 1. The van der Waals surface area contributed by atoms with Crippen LogP contribution in [0.5, 0.6) is 0 Å². The van der Waals surface area contributed by atoms with Crippen LogP contribution in [-0.4, -0.2) is 30.2 Å². The van der Waals surface area contributed by atoms with Crippen LogP contribution >= 0.6 is 23.2 Å². The SMILES string of the molecule is Clc1cccc(CN2CC[C@@H]3O[C@H]3C2)c1Cl. The molecule has 16 heavy (non-hydrogen) atoms. The predicted octanol–water partition coefficient (Wildman–Crippen LogP) is 2.97. The zero-order valence-electron chi connectivity index (χ0n) is 8.83. The molecule has 1 aromatic carbocycles. The average molecular weight is 258 g/mol. The van der Waals surface area contributed by atoms with E-state index in [0.29, 0.717) is 22.3 Å². The molecule has 4 heteroatoms. The molecule has 2 nitrogen and oxygen atoms in total. The minimum atomic E-state index is 0.465. The molecule has 0 saturated carbocycles. The number of halogens is 2. The third-order valence-corrected chi connectivity index (χ3v) is 4.14. The first-order chi connectivity index (χ1) is 7.74. The third-order valence-electron chi connectivity index (χ3n) is 3.28. The normalized spacial score (nSPS) is 28.9. The molecular weight excluding hydrogens is 245 g/mol. The summed E-state index contributed by atoms with van der Waals surface area (Å²) in [7, 11) is 0. The number of fused-ring (bicyclic) bond motifs is 1. The second-order valence-corrected chi connectivity index (χ2v) is 5.23. The maximum Gasteiger partial charge on any atom is 0.0969 e. The van der Waals surface area contributed by atoms with Crippen LogP contribution in [0, 0.1) is 0 Å². The molecule has 2 atom stereocenters. The number of likely N-dealkylation sites (tertiary alicyclic amines) is 1. The number of nitrogens with zero attached hydrogens (tertiary/aromatic N) is 1. The second-order valence-electron chi connectivity index (χ2n) is 4.45. The lowest BCUT2D eigenvalue weighted by atomic mass is 10.1. The van der Waals surface area contributed by atoms with E-state index in [4.69, 9.17) is 27.9 Å². The lowest BCUT2D eigenvalue weighted by Crippen LogP contribution is -2.34. The Kier molecular flexibility index (Phi) is 2.84. The van der Waals surface area contributed by atoms with Gasteiger partial charge >= 0.3 is 0 Å². The smallest absolute Gasteiger partial charge is 0.0969 e. The second kappa shape index (κ2) is 4.19. The maximum atomic E-state index is 6.17. The Bertz CT molecular complexity index is 410. The first-order valence-corrected chi connectivity index (χ1v) is 6.30. The minimum Gasteiger partial charge on any atom is -0.368 e. The minimum absolute atomic E-state index is 0.465. The van der Waals surface area contributed by atoms with Crippen molar-refractivity contribution in [2.75, 3.05) is 13.1 Å². The third kappa shape index (κ3) is 2.07. The highest BCUT2D eigenvalue weighted by Gasteiger charge is 2.43. The van der Waals surface area contributed by atoms with Gasteiger partial charge in [-0.05, 0) is 18.1 Å². The fourth-order valence-corrected chi connectivity index (χ4v) is 2.68. The van der Waals surface area contributed by atoms with Crippen LogP contribution in [0.3, 0.4) is 0 Å². The van der Waals surface area contributed by atoms with Crippen LogP contribution in [0.4, 0.5) is 0 Å². The Morgan fingerprint density at radius 3 is 3.00 bits per heavy atom. The van der Waals surface area contributed by atoms with Gasteiger partial charge in [-0.2, -0.15) is 0 Å². The van der Waals surface area contributed by atoms with E-state index in [1.54, 1.807) is 0 Å². The molecule has 2 aliphatic heterocycles. The molecule has 0 radical (unpaired) electrons. The number of epoxide rings is 1. The van der Waals surface area contributed by atoms with Gasteiger partial charge in [-0.15, -0.1) is 0 Å². The molecular formula is C12H13Cl2NO. The van der Waals surface area contributed by atoms with Gasteiger partial charge in [0.2, 0.25) is 0 Å². The van der Waals surface area contributed by atoms with Crippen molar-refractivity contribution in [2.24, 2.45) is 0 Å². The van der Waals surface area contributed by atoms with Gasteiger partial charge in [-0.1, -0.05) is 35.3 Å². The zero-order chi connectivity index (χ0) is 11.1. The zero-order valence-corrected chi connectivity index (χ0v) is 10.3. The van der Waals surface area contributed by atoms with E-state index in [1.165, 1.54) is 0 Å². The lowest BCUT2D eigenvalue weighted by Gasteiger charge is -2.24. The molecule has 2 aliphatic rings. The van der Waals surface area contributed by atoms with E-state index in [-0.39, 0.29) is 0 Å². The summed E-state index contributed by atoms with van der Waals surface area (Å²) in [5, 5.41) is 1.32. The molecule has 0 aromatic heterocycles. The van der Waals surface area contributed by atoms with Gasteiger partial charge in [0.25, 0.3) is 0 Å². The molecule has 0 amide bonds. The van der Waals surface area contributed by atoms with Crippen LogP contribution < -0.4 is 0 Å². The molecule has 0 spiro atoms. The Morgan fingerprint density at radius 2 is 2.19 bits per heavy atom. The van der Waals surface area contributed by atoms with Gasteiger partial charge in [0, 0.05) is 19.6 Å². The molecule has 0 aliphatic carbocycles. The summed E-state index contributed by atoms with van der Waals surface area (Å²) in [5.74, 6) is 0. The molecule has 86 valence electrons. The van der Waals surface area contributed by atoms with E-state index >= 15 is 0 Å². The van der Waals surface area contributed by atoms with Crippen LogP contribution in [0.15, 0.2) is 18.2 Å². The molecule has 2 saturated heterocycles. The predicted molar refractivity (Wildman–Crippen MR) is 65.0 cm³/mol. The van der Waals surface area contributed by atoms with E-state index < -0.39 is 0 Å². The number of piperidine rings is 1. The summed E-state index contributed by atoms with van der Waals surface area (Å²) in [6, 6.07) is 5.81.